The van der Waals surface area contributed by atoms with Gasteiger partial charge < -0.3 is 5.32 Å². The smallest absolute Gasteiger partial charge is 0.269 e. The molecule has 2 N–H and O–H groups in total. The van der Waals surface area contributed by atoms with E-state index in [1.54, 1.807) is 36.4 Å². The number of benzene rings is 3. The van der Waals surface area contributed by atoms with Gasteiger partial charge in [-0.05, 0) is 42.5 Å². The number of nitrogens with one attached hydrogen (secondary N) is 2. The van der Waals surface area contributed by atoms with Crippen molar-refractivity contribution in [1.29, 1.82) is 0 Å². The van der Waals surface area contributed by atoms with E-state index in [4.69, 9.17) is 0 Å². The third-order valence-electron chi connectivity index (χ3n) is 3.77. The summed E-state index contributed by atoms with van der Waals surface area (Å²) in [6, 6.07) is 19.4. The minimum Gasteiger partial charge on any atom is -0.322 e. The van der Waals surface area contributed by atoms with Crippen LogP contribution in [0.3, 0.4) is 0 Å². The molecule has 0 atom stereocenters. The molecule has 0 aliphatic heterocycles. The third-order valence-corrected chi connectivity index (χ3v) is 5.16. The van der Waals surface area contributed by atoms with Crippen molar-refractivity contribution in [3.8, 4) is 0 Å². The van der Waals surface area contributed by atoms with Crippen molar-refractivity contribution in [2.75, 3.05) is 10.0 Å². The number of nitro groups is 1. The van der Waals surface area contributed by atoms with Crippen LogP contribution in [0.2, 0.25) is 0 Å². The monoisotopic (exact) mass is 397 g/mol. The van der Waals surface area contributed by atoms with Crippen LogP contribution in [0.1, 0.15) is 10.4 Å². The highest BCUT2D eigenvalue weighted by molar-refractivity contribution is 7.92. The molecule has 0 bridgehead atoms. The molecule has 28 heavy (non-hydrogen) atoms. The molecule has 1 amide bonds. The standard InChI is InChI=1S/C19H15N3O5S/c23-19(20-15-6-2-1-3-7-15)14-5-4-8-16(13-14)21-28(26,27)18-11-9-17(10-12-18)22(24)25/h1-13,21H,(H,20,23). The van der Waals surface area contributed by atoms with E-state index in [-0.39, 0.29) is 27.7 Å². The molecule has 0 heterocycles. The Bertz CT molecular complexity index is 1110. The van der Waals surface area contributed by atoms with Gasteiger partial charge in [-0.1, -0.05) is 24.3 Å². The lowest BCUT2D eigenvalue weighted by atomic mass is 10.2. The molecular formula is C19H15N3O5S. The maximum absolute atomic E-state index is 12.5. The lowest BCUT2D eigenvalue weighted by Crippen LogP contribution is -2.15. The van der Waals surface area contributed by atoms with Crippen LogP contribution in [0, 0.1) is 10.1 Å². The number of nitro benzene ring substituents is 1. The summed E-state index contributed by atoms with van der Waals surface area (Å²) < 4.78 is 27.3. The number of hydrogen-bond donors (Lipinski definition) is 2. The topological polar surface area (TPSA) is 118 Å². The molecule has 0 aliphatic carbocycles. The summed E-state index contributed by atoms with van der Waals surface area (Å²) in [4.78, 5) is 22.3. The Hall–Kier alpha value is -3.72. The van der Waals surface area contributed by atoms with E-state index in [2.05, 4.69) is 10.0 Å². The quantitative estimate of drug-likeness (QED) is 0.486. The number of para-hydroxylation sites is 1. The molecule has 3 aromatic carbocycles. The van der Waals surface area contributed by atoms with Crippen molar-refractivity contribution in [2.24, 2.45) is 0 Å². The SMILES string of the molecule is O=C(Nc1ccccc1)c1cccc(NS(=O)(=O)c2ccc([N+](=O)[O-])cc2)c1. The van der Waals surface area contributed by atoms with Gasteiger partial charge in [-0.3, -0.25) is 19.6 Å². The molecule has 0 saturated heterocycles. The molecule has 0 unspecified atom stereocenters. The first kappa shape index (κ1) is 19.1. The molecule has 0 aromatic heterocycles. The molecule has 0 radical (unpaired) electrons. The average Bonchev–Trinajstić information content (AvgIpc) is 2.68. The van der Waals surface area contributed by atoms with Crippen LogP contribution < -0.4 is 10.0 Å². The number of nitrogens with zero attached hydrogens (tertiary/aromatic N) is 1. The molecule has 142 valence electrons. The first-order valence-corrected chi connectivity index (χ1v) is 9.57. The Labute approximate surface area is 161 Å². The number of amides is 1. The predicted molar refractivity (Wildman–Crippen MR) is 105 cm³/mol. The number of carbonyl (C=O) groups excluding carboxylic acids is 1. The second kappa shape index (κ2) is 7.89. The fourth-order valence-corrected chi connectivity index (χ4v) is 3.46. The summed E-state index contributed by atoms with van der Waals surface area (Å²) in [7, 11) is -3.96. The van der Waals surface area contributed by atoms with Gasteiger partial charge in [0.15, 0.2) is 0 Å². The highest BCUT2D eigenvalue weighted by Crippen LogP contribution is 2.20. The van der Waals surface area contributed by atoms with Crippen molar-refractivity contribution in [3.05, 3.63) is 94.5 Å². The number of hydrogen-bond acceptors (Lipinski definition) is 5. The van der Waals surface area contributed by atoms with Crippen molar-refractivity contribution in [1.82, 2.24) is 0 Å². The molecule has 0 aliphatic rings. The lowest BCUT2D eigenvalue weighted by Gasteiger charge is -2.10. The van der Waals surface area contributed by atoms with Crippen molar-refractivity contribution in [3.63, 3.8) is 0 Å². The van der Waals surface area contributed by atoms with E-state index in [1.807, 2.05) is 6.07 Å². The molecular weight excluding hydrogens is 382 g/mol. The van der Waals surface area contributed by atoms with E-state index in [9.17, 15) is 23.3 Å². The van der Waals surface area contributed by atoms with Gasteiger partial charge in [-0.2, -0.15) is 0 Å². The van der Waals surface area contributed by atoms with Crippen molar-refractivity contribution >= 4 is 33.0 Å². The van der Waals surface area contributed by atoms with Crippen LogP contribution >= 0.6 is 0 Å². The molecule has 9 heteroatoms. The van der Waals surface area contributed by atoms with E-state index in [1.165, 1.54) is 12.1 Å². The summed E-state index contributed by atoms with van der Waals surface area (Å²) in [5.74, 6) is -0.386. The van der Waals surface area contributed by atoms with Crippen molar-refractivity contribution < 1.29 is 18.1 Å². The van der Waals surface area contributed by atoms with Crippen LogP contribution in [-0.4, -0.2) is 19.2 Å². The van der Waals surface area contributed by atoms with Gasteiger partial charge in [0.25, 0.3) is 21.6 Å². The number of sulfonamides is 1. The van der Waals surface area contributed by atoms with Crippen LogP contribution in [0.15, 0.2) is 83.8 Å². The van der Waals surface area contributed by atoms with Gasteiger partial charge in [0.05, 0.1) is 9.82 Å². The van der Waals surface area contributed by atoms with Gasteiger partial charge >= 0.3 is 0 Å². The summed E-state index contributed by atoms with van der Waals surface area (Å²) in [5.41, 5.74) is 0.870. The summed E-state index contributed by atoms with van der Waals surface area (Å²) in [6.07, 6.45) is 0. The van der Waals surface area contributed by atoms with Gasteiger partial charge in [0.1, 0.15) is 0 Å². The number of carbonyl (C=O) groups is 1. The van der Waals surface area contributed by atoms with E-state index in [0.29, 0.717) is 5.69 Å². The Kier molecular flexibility index (Phi) is 5.37. The van der Waals surface area contributed by atoms with Crippen molar-refractivity contribution in [2.45, 2.75) is 4.90 Å². The number of anilines is 2. The minimum atomic E-state index is -3.96. The Balaban J connectivity index is 1.78. The van der Waals surface area contributed by atoms with Crippen LogP contribution in [0.5, 0.6) is 0 Å². The van der Waals surface area contributed by atoms with Crippen LogP contribution in [0.4, 0.5) is 17.1 Å². The van der Waals surface area contributed by atoms with E-state index >= 15 is 0 Å². The zero-order valence-corrected chi connectivity index (χ0v) is 15.2. The zero-order chi connectivity index (χ0) is 20.1. The highest BCUT2D eigenvalue weighted by Gasteiger charge is 2.17. The average molecular weight is 397 g/mol. The zero-order valence-electron chi connectivity index (χ0n) is 14.4. The molecule has 0 fully saturated rings. The Morgan fingerprint density at radius 3 is 2.14 bits per heavy atom. The lowest BCUT2D eigenvalue weighted by molar-refractivity contribution is -0.384. The van der Waals surface area contributed by atoms with Gasteiger partial charge in [-0.25, -0.2) is 8.42 Å². The summed E-state index contributed by atoms with van der Waals surface area (Å²) in [6.45, 7) is 0. The second-order valence-electron chi connectivity index (χ2n) is 5.76. The Morgan fingerprint density at radius 2 is 1.50 bits per heavy atom. The third kappa shape index (κ3) is 4.51. The van der Waals surface area contributed by atoms with Crippen LogP contribution in [0.25, 0.3) is 0 Å². The largest absolute Gasteiger partial charge is 0.322 e. The minimum absolute atomic E-state index is 0.128. The number of non-ortho nitro benzene ring substituents is 1. The van der Waals surface area contributed by atoms with Gasteiger partial charge in [-0.15, -0.1) is 0 Å². The fraction of sp³-hybridized carbons (Fsp3) is 0. The van der Waals surface area contributed by atoms with E-state index < -0.39 is 14.9 Å². The molecule has 0 spiro atoms. The Morgan fingerprint density at radius 1 is 0.857 bits per heavy atom. The normalized spacial score (nSPS) is 10.9. The van der Waals surface area contributed by atoms with Gasteiger partial charge in [0, 0.05) is 29.1 Å². The highest BCUT2D eigenvalue weighted by atomic mass is 32.2. The van der Waals surface area contributed by atoms with Gasteiger partial charge in [0.2, 0.25) is 0 Å². The second-order valence-corrected chi connectivity index (χ2v) is 7.44. The van der Waals surface area contributed by atoms with E-state index in [0.717, 1.165) is 24.3 Å². The maximum Gasteiger partial charge on any atom is 0.269 e. The summed E-state index contributed by atoms with van der Waals surface area (Å²) in [5, 5.41) is 13.4. The number of rotatable bonds is 6. The predicted octanol–water partition coefficient (Wildman–Crippen LogP) is 3.65. The molecule has 3 aromatic rings. The fourth-order valence-electron chi connectivity index (χ4n) is 2.41. The summed E-state index contributed by atoms with van der Waals surface area (Å²) >= 11 is 0. The first-order chi connectivity index (χ1) is 13.3. The molecule has 0 saturated carbocycles. The first-order valence-electron chi connectivity index (χ1n) is 8.09. The maximum atomic E-state index is 12.5. The molecule has 3 rings (SSSR count). The van der Waals surface area contributed by atoms with Crippen LogP contribution in [-0.2, 0) is 10.0 Å². The molecule has 8 nitrogen and oxygen atoms in total.